The van der Waals surface area contributed by atoms with E-state index in [9.17, 15) is 18.0 Å². The van der Waals surface area contributed by atoms with Gasteiger partial charge in [0.1, 0.15) is 0 Å². The Hall–Kier alpha value is -1.31. The molecule has 0 aromatic rings. The van der Waals surface area contributed by atoms with Crippen molar-refractivity contribution >= 4 is 21.8 Å². The van der Waals surface area contributed by atoms with Crippen LogP contribution in [0, 0.1) is 5.92 Å². The van der Waals surface area contributed by atoms with Crippen LogP contribution in [0.4, 0.5) is 4.79 Å². The summed E-state index contributed by atoms with van der Waals surface area (Å²) in [7, 11) is -1.46. The molecule has 0 bridgehead atoms. The van der Waals surface area contributed by atoms with Gasteiger partial charge in [-0.1, -0.05) is 6.92 Å². The quantitative estimate of drug-likeness (QED) is 0.738. The van der Waals surface area contributed by atoms with Gasteiger partial charge in [-0.25, -0.2) is 13.2 Å². The van der Waals surface area contributed by atoms with Crippen molar-refractivity contribution in [1.82, 2.24) is 10.2 Å². The normalized spacial score (nSPS) is 22.7. The fourth-order valence-electron chi connectivity index (χ4n) is 1.89. The van der Waals surface area contributed by atoms with Crippen molar-refractivity contribution in [3.05, 3.63) is 0 Å². The lowest BCUT2D eigenvalue weighted by Crippen LogP contribution is -2.44. The highest BCUT2D eigenvalue weighted by atomic mass is 32.2. The van der Waals surface area contributed by atoms with Gasteiger partial charge >= 0.3 is 12.0 Å². The van der Waals surface area contributed by atoms with E-state index in [2.05, 4.69) is 5.32 Å². The van der Waals surface area contributed by atoms with Crippen molar-refractivity contribution < 1.29 is 23.1 Å². The van der Waals surface area contributed by atoms with Crippen molar-refractivity contribution in [2.24, 2.45) is 5.92 Å². The number of nitrogens with one attached hydrogen (secondary N) is 1. The largest absolute Gasteiger partial charge is 0.481 e. The zero-order chi connectivity index (χ0) is 14.6. The molecule has 2 unspecified atom stereocenters. The molecule has 1 fully saturated rings. The minimum absolute atomic E-state index is 0.00243. The van der Waals surface area contributed by atoms with Crippen LogP contribution in [-0.2, 0) is 14.6 Å². The monoisotopic (exact) mass is 292 g/mol. The summed E-state index contributed by atoms with van der Waals surface area (Å²) < 4.78 is 22.6. The Labute approximate surface area is 112 Å². The molecular formula is C11H20N2O5S. The maximum atomic E-state index is 11.8. The second-order valence-corrected chi connectivity index (χ2v) is 7.16. The lowest BCUT2D eigenvalue weighted by Gasteiger charge is -2.23. The molecule has 0 saturated carbocycles. The van der Waals surface area contributed by atoms with Crippen molar-refractivity contribution in [2.45, 2.75) is 25.8 Å². The lowest BCUT2D eigenvalue weighted by molar-refractivity contribution is -0.141. The third-order valence-electron chi connectivity index (χ3n) is 3.35. The first kappa shape index (κ1) is 15.7. The Morgan fingerprint density at radius 3 is 2.58 bits per heavy atom. The highest BCUT2D eigenvalue weighted by Gasteiger charge is 2.32. The van der Waals surface area contributed by atoms with Crippen LogP contribution in [0.25, 0.3) is 0 Å². The van der Waals surface area contributed by atoms with Crippen LogP contribution in [0.15, 0.2) is 0 Å². The van der Waals surface area contributed by atoms with Gasteiger partial charge in [0.05, 0.1) is 17.4 Å². The molecule has 19 heavy (non-hydrogen) atoms. The molecule has 1 rings (SSSR count). The minimum Gasteiger partial charge on any atom is -0.481 e. The number of carbonyl (C=O) groups excluding carboxylic acids is 1. The van der Waals surface area contributed by atoms with Crippen molar-refractivity contribution in [3.8, 4) is 0 Å². The number of hydrogen-bond acceptors (Lipinski definition) is 4. The van der Waals surface area contributed by atoms with Crippen molar-refractivity contribution in [3.63, 3.8) is 0 Å². The average Bonchev–Trinajstić information content (AvgIpc) is 2.68. The number of aliphatic carboxylic acids is 1. The van der Waals surface area contributed by atoms with E-state index in [-0.39, 0.29) is 30.1 Å². The minimum atomic E-state index is -3.02. The Morgan fingerprint density at radius 2 is 2.11 bits per heavy atom. The molecule has 8 heteroatoms. The van der Waals surface area contributed by atoms with Crippen LogP contribution in [0.2, 0.25) is 0 Å². The SMILES string of the molecule is CC(CCNC(=O)N(C)C1CCS(=O)(=O)C1)C(=O)O. The number of carbonyl (C=O) groups is 2. The fourth-order valence-corrected chi connectivity index (χ4v) is 3.66. The third kappa shape index (κ3) is 4.70. The summed E-state index contributed by atoms with van der Waals surface area (Å²) in [6, 6.07) is -0.651. The van der Waals surface area contributed by atoms with E-state index < -0.39 is 21.7 Å². The highest BCUT2D eigenvalue weighted by molar-refractivity contribution is 7.91. The second-order valence-electron chi connectivity index (χ2n) is 4.93. The number of carboxylic acids is 1. The molecule has 1 heterocycles. The molecule has 1 saturated heterocycles. The van der Waals surface area contributed by atoms with Crippen LogP contribution in [0.5, 0.6) is 0 Å². The first-order valence-corrected chi connectivity index (χ1v) is 7.99. The van der Waals surface area contributed by atoms with Crippen LogP contribution in [-0.4, -0.2) is 61.6 Å². The molecule has 0 spiro atoms. The predicted octanol–water partition coefficient (Wildman–Crippen LogP) is -0.0743. The molecule has 2 N–H and O–H groups in total. The standard InChI is InChI=1S/C11H20N2O5S/c1-8(10(14)15)3-5-12-11(16)13(2)9-4-6-19(17,18)7-9/h8-9H,3-7H2,1-2H3,(H,12,16)(H,14,15). The second kappa shape index (κ2) is 6.23. The van der Waals surface area contributed by atoms with E-state index in [0.717, 1.165) is 0 Å². The van der Waals surface area contributed by atoms with E-state index >= 15 is 0 Å². The summed E-state index contributed by atoms with van der Waals surface area (Å²) in [5, 5.41) is 11.3. The molecule has 0 aliphatic carbocycles. The molecule has 0 aromatic heterocycles. The summed E-state index contributed by atoms with van der Waals surface area (Å²) in [4.78, 5) is 23.7. The average molecular weight is 292 g/mol. The Balaban J connectivity index is 2.36. The van der Waals surface area contributed by atoms with Gasteiger partial charge in [0.2, 0.25) is 0 Å². The van der Waals surface area contributed by atoms with Gasteiger partial charge in [-0.3, -0.25) is 4.79 Å². The third-order valence-corrected chi connectivity index (χ3v) is 5.10. The van der Waals surface area contributed by atoms with E-state index in [4.69, 9.17) is 5.11 Å². The number of nitrogens with zero attached hydrogens (tertiary/aromatic N) is 1. The molecule has 2 atom stereocenters. The number of hydrogen-bond donors (Lipinski definition) is 2. The zero-order valence-electron chi connectivity index (χ0n) is 11.1. The van der Waals surface area contributed by atoms with Crippen LogP contribution in [0.1, 0.15) is 19.8 Å². The van der Waals surface area contributed by atoms with Crippen LogP contribution in [0.3, 0.4) is 0 Å². The van der Waals surface area contributed by atoms with Gasteiger partial charge in [0.15, 0.2) is 9.84 Å². The smallest absolute Gasteiger partial charge is 0.317 e. The summed E-state index contributed by atoms with van der Waals surface area (Å²) in [6.45, 7) is 1.83. The Bertz CT molecular complexity index is 448. The number of amides is 2. The van der Waals surface area contributed by atoms with Gasteiger partial charge in [0, 0.05) is 19.6 Å². The van der Waals surface area contributed by atoms with Gasteiger partial charge in [-0.2, -0.15) is 0 Å². The first-order chi connectivity index (χ1) is 8.73. The molecule has 0 aromatic carbocycles. The molecule has 2 amide bonds. The summed E-state index contributed by atoms with van der Waals surface area (Å²) in [6.07, 6.45) is 0.801. The van der Waals surface area contributed by atoms with E-state index in [1.807, 2.05) is 0 Å². The fraction of sp³-hybridized carbons (Fsp3) is 0.818. The van der Waals surface area contributed by atoms with Crippen LogP contribution < -0.4 is 5.32 Å². The molecular weight excluding hydrogens is 272 g/mol. The van der Waals surface area contributed by atoms with Gasteiger partial charge in [0.25, 0.3) is 0 Å². The van der Waals surface area contributed by atoms with Gasteiger partial charge < -0.3 is 15.3 Å². The topological polar surface area (TPSA) is 104 Å². The van der Waals surface area contributed by atoms with E-state index in [0.29, 0.717) is 12.8 Å². The van der Waals surface area contributed by atoms with E-state index in [1.165, 1.54) is 4.90 Å². The highest BCUT2D eigenvalue weighted by Crippen LogP contribution is 2.16. The Kier molecular flexibility index (Phi) is 5.16. The zero-order valence-corrected chi connectivity index (χ0v) is 11.9. The summed E-state index contributed by atoms with van der Waals surface area (Å²) in [5.41, 5.74) is 0. The van der Waals surface area contributed by atoms with E-state index in [1.54, 1.807) is 14.0 Å². The number of carboxylic acid groups (broad SMARTS) is 1. The number of rotatable bonds is 5. The van der Waals surface area contributed by atoms with Gasteiger partial charge in [-0.15, -0.1) is 0 Å². The van der Waals surface area contributed by atoms with Gasteiger partial charge in [-0.05, 0) is 12.8 Å². The first-order valence-electron chi connectivity index (χ1n) is 6.17. The Morgan fingerprint density at radius 1 is 1.47 bits per heavy atom. The molecule has 7 nitrogen and oxygen atoms in total. The molecule has 1 aliphatic heterocycles. The lowest BCUT2D eigenvalue weighted by atomic mass is 10.1. The number of urea groups is 1. The molecule has 1 aliphatic rings. The maximum Gasteiger partial charge on any atom is 0.317 e. The summed E-state index contributed by atoms with van der Waals surface area (Å²) >= 11 is 0. The van der Waals surface area contributed by atoms with Crippen molar-refractivity contribution in [2.75, 3.05) is 25.1 Å². The molecule has 0 radical (unpaired) electrons. The van der Waals surface area contributed by atoms with Crippen LogP contribution >= 0.6 is 0 Å². The summed E-state index contributed by atoms with van der Waals surface area (Å²) in [5.74, 6) is -1.30. The molecule has 110 valence electrons. The predicted molar refractivity (Wildman–Crippen MR) is 69.6 cm³/mol. The number of sulfone groups is 1. The van der Waals surface area contributed by atoms with Crippen molar-refractivity contribution in [1.29, 1.82) is 0 Å². The maximum absolute atomic E-state index is 11.8.